The number of pyridine rings is 2. The summed E-state index contributed by atoms with van der Waals surface area (Å²) in [6.07, 6.45) is 14.9. The molecule has 0 amide bonds. The molecule has 0 aromatic carbocycles. The van der Waals surface area contributed by atoms with E-state index in [0.717, 1.165) is 17.7 Å². The quantitative estimate of drug-likeness (QED) is 0.332. The zero-order valence-electron chi connectivity index (χ0n) is 19.4. The molecular formula is C25H36Br2N2O4. The van der Waals surface area contributed by atoms with Gasteiger partial charge in [0.15, 0.2) is 25.0 Å². The molecule has 0 N–H and O–H groups in total. The van der Waals surface area contributed by atoms with Gasteiger partial charge in [-0.2, -0.15) is 0 Å². The van der Waals surface area contributed by atoms with E-state index in [2.05, 4.69) is 41.0 Å². The van der Waals surface area contributed by atoms with Gasteiger partial charge in [0.2, 0.25) is 0 Å². The van der Waals surface area contributed by atoms with Gasteiger partial charge in [-0.1, -0.05) is 38.7 Å². The van der Waals surface area contributed by atoms with E-state index in [9.17, 15) is 0 Å². The predicted molar refractivity (Wildman–Crippen MR) is 126 cm³/mol. The Morgan fingerprint density at radius 3 is 2.12 bits per heavy atom. The SMILES string of the molecule is Br.CCCCCCCC[n+]1cccc(C2OCC3(COC(c4cccnc4)OC3)CO2)c1.[Br-]. The average molecular weight is 588 g/mol. The fourth-order valence-corrected chi connectivity index (χ4v) is 4.15. The van der Waals surface area contributed by atoms with Crippen molar-refractivity contribution in [2.75, 3.05) is 26.4 Å². The number of rotatable bonds is 9. The van der Waals surface area contributed by atoms with Crippen molar-refractivity contribution in [2.45, 2.75) is 64.6 Å². The van der Waals surface area contributed by atoms with Crippen molar-refractivity contribution in [1.82, 2.24) is 4.98 Å². The van der Waals surface area contributed by atoms with Crippen LogP contribution in [0.15, 0.2) is 49.1 Å². The Hall–Kier alpha value is -0.900. The van der Waals surface area contributed by atoms with E-state index in [1.54, 1.807) is 12.4 Å². The van der Waals surface area contributed by atoms with E-state index >= 15 is 0 Å². The maximum Gasteiger partial charge on any atom is 0.189 e. The summed E-state index contributed by atoms with van der Waals surface area (Å²) in [6, 6.07) is 8.01. The molecule has 0 aliphatic carbocycles. The van der Waals surface area contributed by atoms with Crippen LogP contribution in [0.4, 0.5) is 0 Å². The molecule has 0 atom stereocenters. The van der Waals surface area contributed by atoms with Gasteiger partial charge in [0.05, 0.1) is 37.4 Å². The molecule has 0 radical (unpaired) electrons. The first-order valence-electron chi connectivity index (χ1n) is 11.6. The first-order chi connectivity index (χ1) is 15.3. The van der Waals surface area contributed by atoms with Gasteiger partial charge in [-0.3, -0.25) is 4.98 Å². The molecule has 0 saturated carbocycles. The number of aromatic nitrogens is 2. The van der Waals surface area contributed by atoms with Crippen LogP contribution in [0.3, 0.4) is 0 Å². The first-order valence-corrected chi connectivity index (χ1v) is 11.6. The van der Waals surface area contributed by atoms with Crippen LogP contribution in [-0.2, 0) is 25.5 Å². The molecular weight excluding hydrogens is 552 g/mol. The maximum absolute atomic E-state index is 6.12. The second kappa shape index (κ2) is 14.5. The van der Waals surface area contributed by atoms with Crippen LogP contribution in [0, 0.1) is 5.41 Å². The summed E-state index contributed by atoms with van der Waals surface area (Å²) in [4.78, 5) is 4.14. The zero-order valence-corrected chi connectivity index (χ0v) is 22.7. The summed E-state index contributed by atoms with van der Waals surface area (Å²) in [7, 11) is 0. The lowest BCUT2D eigenvalue weighted by Gasteiger charge is -2.43. The highest BCUT2D eigenvalue weighted by Gasteiger charge is 2.43. The molecule has 6 nitrogen and oxygen atoms in total. The number of hydrogen-bond acceptors (Lipinski definition) is 5. The summed E-state index contributed by atoms with van der Waals surface area (Å²) < 4.78 is 26.4. The lowest BCUT2D eigenvalue weighted by atomic mass is 9.90. The number of ether oxygens (including phenoxy) is 4. The Morgan fingerprint density at radius 1 is 0.879 bits per heavy atom. The molecule has 2 aliphatic heterocycles. The molecule has 0 unspecified atom stereocenters. The highest BCUT2D eigenvalue weighted by Crippen LogP contribution is 2.37. The first kappa shape index (κ1) is 28.3. The Morgan fingerprint density at radius 2 is 1.48 bits per heavy atom. The normalized spacial score (nSPS) is 24.6. The van der Waals surface area contributed by atoms with E-state index in [-0.39, 0.29) is 52.0 Å². The number of aryl methyl sites for hydroxylation is 1. The van der Waals surface area contributed by atoms with Gasteiger partial charge in [-0.15, -0.1) is 17.0 Å². The fraction of sp³-hybridized carbons (Fsp3) is 0.600. The zero-order chi connectivity index (χ0) is 21.4. The summed E-state index contributed by atoms with van der Waals surface area (Å²) in [5.41, 5.74) is 1.75. The Labute approximate surface area is 218 Å². The van der Waals surface area contributed by atoms with Gasteiger partial charge in [0.1, 0.15) is 6.54 Å². The van der Waals surface area contributed by atoms with Crippen LogP contribution < -0.4 is 21.5 Å². The average Bonchev–Trinajstić information content (AvgIpc) is 2.83. The lowest BCUT2D eigenvalue weighted by Crippen LogP contribution is -3.00. The van der Waals surface area contributed by atoms with Crippen LogP contribution in [0.1, 0.15) is 69.2 Å². The molecule has 2 aromatic rings. The van der Waals surface area contributed by atoms with Crippen molar-refractivity contribution in [2.24, 2.45) is 5.41 Å². The molecule has 2 aliphatic rings. The van der Waals surface area contributed by atoms with Crippen molar-refractivity contribution in [3.05, 3.63) is 60.2 Å². The van der Waals surface area contributed by atoms with Gasteiger partial charge < -0.3 is 35.9 Å². The number of hydrogen-bond donors (Lipinski definition) is 0. The third-order valence-corrected chi connectivity index (χ3v) is 6.04. The number of nitrogens with zero attached hydrogens (tertiary/aromatic N) is 2. The molecule has 8 heteroatoms. The smallest absolute Gasteiger partial charge is 0.189 e. The Balaban J connectivity index is 0.00000193. The van der Waals surface area contributed by atoms with Gasteiger partial charge in [0.25, 0.3) is 0 Å². The van der Waals surface area contributed by atoms with Crippen LogP contribution in [-0.4, -0.2) is 31.4 Å². The lowest BCUT2D eigenvalue weighted by molar-refractivity contribution is -0.698. The van der Waals surface area contributed by atoms with E-state index in [0.29, 0.717) is 26.4 Å². The van der Waals surface area contributed by atoms with Gasteiger partial charge in [0, 0.05) is 30.4 Å². The molecule has 0 bridgehead atoms. The minimum absolute atomic E-state index is 0. The molecule has 33 heavy (non-hydrogen) atoms. The van der Waals surface area contributed by atoms with E-state index in [4.69, 9.17) is 18.9 Å². The molecule has 1 spiro atoms. The molecule has 2 fully saturated rings. The van der Waals surface area contributed by atoms with Gasteiger partial charge in [-0.25, -0.2) is 4.57 Å². The summed E-state index contributed by atoms with van der Waals surface area (Å²) in [5.74, 6) is 0. The van der Waals surface area contributed by atoms with Crippen molar-refractivity contribution in [3.8, 4) is 0 Å². The second-order valence-electron chi connectivity index (χ2n) is 8.84. The maximum atomic E-state index is 6.12. The standard InChI is InChI=1S/C25H35N2O4.2BrH/c1-2-3-4-5-6-7-13-27-14-9-11-22(16-27)24-30-19-25(20-31-24)17-28-23(29-18-25)21-10-8-12-26-15-21;;/h8-12,14-16,23-24H,2-7,13,17-20H2,1H3;2*1H/q+1;;/p-1. The van der Waals surface area contributed by atoms with Crippen LogP contribution in [0.2, 0.25) is 0 Å². The second-order valence-corrected chi connectivity index (χ2v) is 8.84. The van der Waals surface area contributed by atoms with Crippen molar-refractivity contribution < 1.29 is 40.5 Å². The number of halogens is 2. The minimum atomic E-state index is -0.368. The molecule has 184 valence electrons. The molecule has 2 aromatic heterocycles. The summed E-state index contributed by atoms with van der Waals surface area (Å²) >= 11 is 0. The molecule has 2 saturated heterocycles. The van der Waals surface area contributed by atoms with E-state index in [1.807, 2.05) is 12.1 Å². The van der Waals surface area contributed by atoms with Crippen LogP contribution in [0.5, 0.6) is 0 Å². The monoisotopic (exact) mass is 586 g/mol. The third kappa shape index (κ3) is 8.08. The topological polar surface area (TPSA) is 53.7 Å². The van der Waals surface area contributed by atoms with E-state index < -0.39 is 0 Å². The largest absolute Gasteiger partial charge is 1.00 e. The van der Waals surface area contributed by atoms with Crippen molar-refractivity contribution in [3.63, 3.8) is 0 Å². The van der Waals surface area contributed by atoms with E-state index in [1.165, 1.54) is 38.5 Å². The Kier molecular flexibility index (Phi) is 12.4. The van der Waals surface area contributed by atoms with Gasteiger partial charge in [-0.05, 0) is 18.6 Å². The van der Waals surface area contributed by atoms with Gasteiger partial charge >= 0.3 is 0 Å². The third-order valence-electron chi connectivity index (χ3n) is 6.04. The van der Waals surface area contributed by atoms with Crippen LogP contribution in [0.25, 0.3) is 0 Å². The minimum Gasteiger partial charge on any atom is -1.00 e. The Bertz CT molecular complexity index is 794. The summed E-state index contributed by atoms with van der Waals surface area (Å²) in [5, 5.41) is 0. The van der Waals surface area contributed by atoms with Crippen LogP contribution >= 0.6 is 17.0 Å². The fourth-order valence-electron chi connectivity index (χ4n) is 4.15. The molecule has 4 rings (SSSR count). The predicted octanol–water partition coefficient (Wildman–Crippen LogP) is 2.09. The highest BCUT2D eigenvalue weighted by atomic mass is 79.9. The highest BCUT2D eigenvalue weighted by molar-refractivity contribution is 8.93. The number of unbranched alkanes of at least 4 members (excludes halogenated alkanes) is 5. The summed E-state index contributed by atoms with van der Waals surface area (Å²) in [6.45, 7) is 5.51. The molecule has 4 heterocycles. The van der Waals surface area contributed by atoms with Crippen molar-refractivity contribution in [1.29, 1.82) is 0 Å². The van der Waals surface area contributed by atoms with Crippen molar-refractivity contribution >= 4 is 17.0 Å².